The Labute approximate surface area is 179 Å². The van der Waals surface area contributed by atoms with Gasteiger partial charge in [0.15, 0.2) is 0 Å². The number of rotatable bonds is 6. The minimum Gasteiger partial charge on any atom is -0.378 e. The van der Waals surface area contributed by atoms with Crippen molar-refractivity contribution in [1.29, 1.82) is 0 Å². The van der Waals surface area contributed by atoms with Crippen LogP contribution in [0.5, 0.6) is 0 Å². The molecule has 0 fully saturated rings. The molecule has 3 aromatic carbocycles. The molecule has 0 saturated carbocycles. The summed E-state index contributed by atoms with van der Waals surface area (Å²) >= 11 is 0. The normalized spacial score (nSPS) is 14.6. The van der Waals surface area contributed by atoms with E-state index in [2.05, 4.69) is 63.6 Å². The number of carbonyl (C=O) groups excluding carboxylic acids is 1. The van der Waals surface area contributed by atoms with Gasteiger partial charge in [-0.2, -0.15) is 0 Å². The summed E-state index contributed by atoms with van der Waals surface area (Å²) in [5.74, 6) is -0.0251. The first-order valence-electron chi connectivity index (χ1n) is 10.5. The van der Waals surface area contributed by atoms with Crippen molar-refractivity contribution in [3.8, 4) is 0 Å². The number of nitrogens with zero attached hydrogens (tertiary/aromatic N) is 2. The van der Waals surface area contributed by atoms with E-state index < -0.39 is 0 Å². The van der Waals surface area contributed by atoms with Crippen LogP contribution in [0.3, 0.4) is 0 Å². The lowest BCUT2D eigenvalue weighted by atomic mass is 9.96. The van der Waals surface area contributed by atoms with Gasteiger partial charge in [-0.1, -0.05) is 54.6 Å². The SMILES string of the molecule is CN(C)c1ccc([C@@H](CNC(=O)c2ccccc2)N2CCc3ccccc3C2)cc1. The van der Waals surface area contributed by atoms with Gasteiger partial charge in [-0.05, 0) is 47.4 Å². The van der Waals surface area contributed by atoms with Gasteiger partial charge < -0.3 is 10.2 Å². The second-order valence-corrected chi connectivity index (χ2v) is 8.07. The Morgan fingerprint density at radius 1 is 0.933 bits per heavy atom. The number of fused-ring (bicyclic) bond motifs is 1. The number of hydrogen-bond donors (Lipinski definition) is 1. The molecule has 0 saturated heterocycles. The lowest BCUT2D eigenvalue weighted by Crippen LogP contribution is -2.40. The molecule has 0 aromatic heterocycles. The molecule has 0 radical (unpaired) electrons. The van der Waals surface area contributed by atoms with Crippen LogP contribution in [0.1, 0.15) is 33.1 Å². The van der Waals surface area contributed by atoms with Crippen molar-refractivity contribution in [3.05, 3.63) is 101 Å². The largest absolute Gasteiger partial charge is 0.378 e. The van der Waals surface area contributed by atoms with Crippen LogP contribution >= 0.6 is 0 Å². The molecular weight excluding hydrogens is 370 g/mol. The lowest BCUT2D eigenvalue weighted by molar-refractivity contribution is 0.0927. The van der Waals surface area contributed by atoms with Crippen LogP contribution in [0.4, 0.5) is 5.69 Å². The molecule has 4 heteroatoms. The molecule has 0 spiro atoms. The molecule has 30 heavy (non-hydrogen) atoms. The Balaban J connectivity index is 1.56. The summed E-state index contributed by atoms with van der Waals surface area (Å²) in [4.78, 5) is 17.3. The molecule has 0 unspecified atom stereocenters. The molecule has 4 nitrogen and oxygen atoms in total. The Bertz CT molecular complexity index is 983. The fourth-order valence-corrected chi connectivity index (χ4v) is 4.12. The summed E-state index contributed by atoms with van der Waals surface area (Å²) in [5.41, 5.74) is 5.92. The van der Waals surface area contributed by atoms with E-state index in [0.29, 0.717) is 12.1 Å². The summed E-state index contributed by atoms with van der Waals surface area (Å²) in [5, 5.41) is 3.17. The third-order valence-electron chi connectivity index (χ3n) is 5.89. The zero-order valence-electron chi connectivity index (χ0n) is 17.7. The zero-order valence-corrected chi connectivity index (χ0v) is 17.7. The number of carbonyl (C=O) groups is 1. The van der Waals surface area contributed by atoms with E-state index in [4.69, 9.17) is 0 Å². The molecule has 1 aliphatic rings. The average molecular weight is 400 g/mol. The predicted molar refractivity (Wildman–Crippen MR) is 123 cm³/mol. The van der Waals surface area contributed by atoms with Gasteiger partial charge in [-0.25, -0.2) is 0 Å². The lowest BCUT2D eigenvalue weighted by Gasteiger charge is -2.36. The third-order valence-corrected chi connectivity index (χ3v) is 5.89. The molecule has 1 atom stereocenters. The maximum Gasteiger partial charge on any atom is 0.251 e. The van der Waals surface area contributed by atoms with Crippen LogP contribution in [-0.4, -0.2) is 38.0 Å². The van der Waals surface area contributed by atoms with Crippen LogP contribution < -0.4 is 10.2 Å². The summed E-state index contributed by atoms with van der Waals surface area (Å²) in [6.07, 6.45) is 1.04. The summed E-state index contributed by atoms with van der Waals surface area (Å²) in [6, 6.07) is 26.9. The topological polar surface area (TPSA) is 35.6 Å². The standard InChI is InChI=1S/C26H29N3O/c1-28(2)24-14-12-21(13-15-24)25(18-27-26(30)22-9-4-3-5-10-22)29-17-16-20-8-6-7-11-23(20)19-29/h3-15,25H,16-19H2,1-2H3,(H,27,30)/t25-/m1/s1. The Morgan fingerprint density at radius 3 is 2.30 bits per heavy atom. The zero-order chi connectivity index (χ0) is 20.9. The fourth-order valence-electron chi connectivity index (χ4n) is 4.12. The highest BCUT2D eigenvalue weighted by atomic mass is 16.1. The molecule has 1 amide bonds. The summed E-state index contributed by atoms with van der Waals surface area (Å²) in [7, 11) is 4.10. The average Bonchev–Trinajstić information content (AvgIpc) is 2.80. The second kappa shape index (κ2) is 9.14. The van der Waals surface area contributed by atoms with Crippen molar-refractivity contribution in [2.75, 3.05) is 32.1 Å². The number of nitrogens with one attached hydrogen (secondary N) is 1. The minimum absolute atomic E-state index is 0.0251. The highest BCUT2D eigenvalue weighted by molar-refractivity contribution is 5.94. The van der Waals surface area contributed by atoms with E-state index in [0.717, 1.165) is 19.5 Å². The number of benzene rings is 3. The van der Waals surface area contributed by atoms with E-state index in [-0.39, 0.29) is 11.9 Å². The Morgan fingerprint density at radius 2 is 1.60 bits per heavy atom. The smallest absolute Gasteiger partial charge is 0.251 e. The molecule has 0 bridgehead atoms. The molecule has 3 aromatic rings. The van der Waals surface area contributed by atoms with E-state index in [1.165, 1.54) is 22.4 Å². The van der Waals surface area contributed by atoms with Gasteiger partial charge in [0.2, 0.25) is 0 Å². The van der Waals surface area contributed by atoms with Gasteiger partial charge in [0.05, 0.1) is 6.04 Å². The van der Waals surface area contributed by atoms with Gasteiger partial charge in [-0.15, -0.1) is 0 Å². The van der Waals surface area contributed by atoms with Gasteiger partial charge in [0, 0.05) is 45.0 Å². The molecule has 0 aliphatic carbocycles. The second-order valence-electron chi connectivity index (χ2n) is 8.07. The maximum absolute atomic E-state index is 12.7. The predicted octanol–water partition coefficient (Wildman–Crippen LogP) is 4.28. The first-order valence-corrected chi connectivity index (χ1v) is 10.5. The Hall–Kier alpha value is -3.11. The van der Waals surface area contributed by atoms with Crippen LogP contribution in [0.15, 0.2) is 78.9 Å². The van der Waals surface area contributed by atoms with E-state index >= 15 is 0 Å². The van der Waals surface area contributed by atoms with Crippen molar-refractivity contribution in [2.24, 2.45) is 0 Å². The van der Waals surface area contributed by atoms with Crippen LogP contribution in [0.2, 0.25) is 0 Å². The Kier molecular flexibility index (Phi) is 6.15. The van der Waals surface area contributed by atoms with Crippen molar-refractivity contribution >= 4 is 11.6 Å². The highest BCUT2D eigenvalue weighted by Gasteiger charge is 2.25. The molecule has 1 N–H and O–H groups in total. The van der Waals surface area contributed by atoms with Crippen LogP contribution in [0, 0.1) is 0 Å². The first kappa shape index (κ1) is 20.2. The van der Waals surface area contributed by atoms with E-state index in [1.807, 2.05) is 44.4 Å². The van der Waals surface area contributed by atoms with Crippen molar-refractivity contribution < 1.29 is 4.79 Å². The summed E-state index contributed by atoms with van der Waals surface area (Å²) < 4.78 is 0. The third kappa shape index (κ3) is 4.55. The quantitative estimate of drug-likeness (QED) is 0.672. The first-order chi connectivity index (χ1) is 14.6. The minimum atomic E-state index is -0.0251. The highest BCUT2D eigenvalue weighted by Crippen LogP contribution is 2.28. The molecule has 1 aliphatic heterocycles. The number of hydrogen-bond acceptors (Lipinski definition) is 3. The van der Waals surface area contributed by atoms with Gasteiger partial charge >= 0.3 is 0 Å². The number of anilines is 1. The van der Waals surface area contributed by atoms with Gasteiger partial charge in [-0.3, -0.25) is 9.69 Å². The number of amides is 1. The van der Waals surface area contributed by atoms with Crippen molar-refractivity contribution in [1.82, 2.24) is 10.2 Å². The van der Waals surface area contributed by atoms with Gasteiger partial charge in [0.1, 0.15) is 0 Å². The van der Waals surface area contributed by atoms with Crippen LogP contribution in [-0.2, 0) is 13.0 Å². The van der Waals surface area contributed by atoms with Crippen molar-refractivity contribution in [2.45, 2.75) is 19.0 Å². The van der Waals surface area contributed by atoms with E-state index in [1.54, 1.807) is 0 Å². The van der Waals surface area contributed by atoms with Gasteiger partial charge in [0.25, 0.3) is 5.91 Å². The monoisotopic (exact) mass is 399 g/mol. The molecule has 1 heterocycles. The van der Waals surface area contributed by atoms with E-state index in [9.17, 15) is 4.79 Å². The van der Waals surface area contributed by atoms with Crippen LogP contribution in [0.25, 0.3) is 0 Å². The molecule has 4 rings (SSSR count). The fraction of sp³-hybridized carbons (Fsp3) is 0.269. The molecule has 154 valence electrons. The summed E-state index contributed by atoms with van der Waals surface area (Å²) in [6.45, 7) is 2.47. The van der Waals surface area contributed by atoms with Crippen molar-refractivity contribution in [3.63, 3.8) is 0 Å². The molecular formula is C26H29N3O. The maximum atomic E-state index is 12.7.